The lowest BCUT2D eigenvalue weighted by Gasteiger charge is -2.06. The number of halogens is 4. The standard InChI is InChI=1S/C10H7ClF3N3/c11-6-1-2-8(7(15)5-6)17-4-3-9(16-17)10(12,13)14/h1-5H,15H2. The minimum atomic E-state index is -4.47. The molecule has 0 spiro atoms. The molecular weight excluding hydrogens is 255 g/mol. The Morgan fingerprint density at radius 1 is 1.24 bits per heavy atom. The number of anilines is 1. The first-order valence-electron chi connectivity index (χ1n) is 4.56. The minimum Gasteiger partial charge on any atom is -0.397 e. The van der Waals surface area contributed by atoms with Crippen LogP contribution in [0.4, 0.5) is 18.9 Å². The van der Waals surface area contributed by atoms with E-state index in [0.717, 1.165) is 10.7 Å². The molecule has 0 saturated carbocycles. The maximum absolute atomic E-state index is 12.4. The van der Waals surface area contributed by atoms with Gasteiger partial charge in [0.15, 0.2) is 5.69 Å². The highest BCUT2D eigenvalue weighted by atomic mass is 35.5. The Balaban J connectivity index is 2.44. The van der Waals surface area contributed by atoms with Crippen LogP contribution >= 0.6 is 11.6 Å². The summed E-state index contributed by atoms with van der Waals surface area (Å²) in [6, 6.07) is 5.37. The van der Waals surface area contributed by atoms with Crippen molar-refractivity contribution in [2.24, 2.45) is 0 Å². The SMILES string of the molecule is Nc1cc(Cl)ccc1-n1ccc(C(F)(F)F)n1. The molecule has 2 N–H and O–H groups in total. The van der Waals surface area contributed by atoms with Crippen molar-refractivity contribution < 1.29 is 13.2 Å². The van der Waals surface area contributed by atoms with Gasteiger partial charge in [-0.3, -0.25) is 0 Å². The average molecular weight is 262 g/mol. The number of nitrogen functional groups attached to an aromatic ring is 1. The number of benzene rings is 1. The van der Waals surface area contributed by atoms with E-state index < -0.39 is 11.9 Å². The van der Waals surface area contributed by atoms with Crippen LogP contribution in [0.15, 0.2) is 30.5 Å². The van der Waals surface area contributed by atoms with Gasteiger partial charge in [0.1, 0.15) is 0 Å². The zero-order valence-corrected chi connectivity index (χ0v) is 9.13. The number of nitrogens with zero attached hydrogens (tertiary/aromatic N) is 2. The molecule has 0 aliphatic heterocycles. The molecule has 0 radical (unpaired) electrons. The third-order valence-corrected chi connectivity index (χ3v) is 2.35. The summed E-state index contributed by atoms with van der Waals surface area (Å²) < 4.78 is 38.1. The number of hydrogen-bond acceptors (Lipinski definition) is 2. The van der Waals surface area contributed by atoms with Gasteiger partial charge in [-0.2, -0.15) is 18.3 Å². The van der Waals surface area contributed by atoms with Gasteiger partial charge in [0.2, 0.25) is 0 Å². The molecule has 17 heavy (non-hydrogen) atoms. The lowest BCUT2D eigenvalue weighted by atomic mass is 10.3. The number of aromatic nitrogens is 2. The summed E-state index contributed by atoms with van der Waals surface area (Å²) in [4.78, 5) is 0. The molecule has 0 unspecified atom stereocenters. The number of alkyl halides is 3. The maximum atomic E-state index is 12.4. The molecule has 0 aliphatic rings. The van der Waals surface area contributed by atoms with Gasteiger partial charge < -0.3 is 5.73 Å². The van der Waals surface area contributed by atoms with Gasteiger partial charge in [-0.25, -0.2) is 4.68 Å². The van der Waals surface area contributed by atoms with Crippen LogP contribution in [0.3, 0.4) is 0 Å². The maximum Gasteiger partial charge on any atom is 0.435 e. The predicted molar refractivity (Wildman–Crippen MR) is 58.0 cm³/mol. The van der Waals surface area contributed by atoms with Crippen molar-refractivity contribution in [2.45, 2.75) is 6.18 Å². The molecule has 0 fully saturated rings. The van der Waals surface area contributed by atoms with E-state index in [4.69, 9.17) is 17.3 Å². The second kappa shape index (κ2) is 3.96. The van der Waals surface area contributed by atoms with Gasteiger partial charge >= 0.3 is 6.18 Å². The van der Waals surface area contributed by atoms with Crippen molar-refractivity contribution in [1.29, 1.82) is 0 Å². The molecule has 2 rings (SSSR count). The van der Waals surface area contributed by atoms with E-state index >= 15 is 0 Å². The molecule has 0 aliphatic carbocycles. The van der Waals surface area contributed by atoms with Crippen molar-refractivity contribution in [2.75, 3.05) is 5.73 Å². The van der Waals surface area contributed by atoms with Gasteiger partial charge in [-0.15, -0.1) is 0 Å². The van der Waals surface area contributed by atoms with E-state index in [9.17, 15) is 13.2 Å². The van der Waals surface area contributed by atoms with Gasteiger partial charge in [0.25, 0.3) is 0 Å². The Morgan fingerprint density at radius 2 is 1.94 bits per heavy atom. The second-order valence-electron chi connectivity index (χ2n) is 3.35. The Kier molecular flexibility index (Phi) is 2.74. The first-order valence-corrected chi connectivity index (χ1v) is 4.94. The van der Waals surface area contributed by atoms with Crippen LogP contribution in [0, 0.1) is 0 Å². The predicted octanol–water partition coefficient (Wildman–Crippen LogP) is 3.13. The molecule has 7 heteroatoms. The van der Waals surface area contributed by atoms with Crippen molar-refractivity contribution >= 4 is 17.3 Å². The fourth-order valence-electron chi connectivity index (χ4n) is 1.34. The quantitative estimate of drug-likeness (QED) is 0.802. The molecule has 0 saturated heterocycles. The summed E-state index contributed by atoms with van der Waals surface area (Å²) in [6.45, 7) is 0. The highest BCUT2D eigenvalue weighted by molar-refractivity contribution is 6.30. The van der Waals surface area contributed by atoms with E-state index in [2.05, 4.69) is 5.10 Å². The lowest BCUT2D eigenvalue weighted by molar-refractivity contribution is -0.141. The Hall–Kier alpha value is -1.69. The fraction of sp³-hybridized carbons (Fsp3) is 0.100. The Morgan fingerprint density at radius 3 is 2.47 bits per heavy atom. The molecule has 1 aromatic heterocycles. The van der Waals surface area contributed by atoms with Crippen LogP contribution < -0.4 is 5.73 Å². The molecule has 3 nitrogen and oxygen atoms in total. The highest BCUT2D eigenvalue weighted by Crippen LogP contribution is 2.29. The van der Waals surface area contributed by atoms with Crippen LogP contribution in [0.1, 0.15) is 5.69 Å². The average Bonchev–Trinajstić information content (AvgIpc) is 2.65. The van der Waals surface area contributed by atoms with Crippen molar-refractivity contribution in [1.82, 2.24) is 9.78 Å². The van der Waals surface area contributed by atoms with E-state index in [1.165, 1.54) is 24.4 Å². The lowest BCUT2D eigenvalue weighted by Crippen LogP contribution is -2.08. The summed E-state index contributed by atoms with van der Waals surface area (Å²) >= 11 is 5.69. The van der Waals surface area contributed by atoms with Gasteiger partial charge in [-0.1, -0.05) is 11.6 Å². The summed E-state index contributed by atoms with van der Waals surface area (Å²) in [5.41, 5.74) is 5.29. The van der Waals surface area contributed by atoms with Crippen LogP contribution in [0.5, 0.6) is 0 Å². The monoisotopic (exact) mass is 261 g/mol. The summed E-state index contributed by atoms with van der Waals surface area (Å²) in [5.74, 6) is 0. The van der Waals surface area contributed by atoms with Crippen molar-refractivity contribution in [3.63, 3.8) is 0 Å². The largest absolute Gasteiger partial charge is 0.435 e. The normalized spacial score (nSPS) is 11.8. The van der Waals surface area contributed by atoms with E-state index in [1.807, 2.05) is 0 Å². The number of nitrogens with two attached hydrogens (primary N) is 1. The van der Waals surface area contributed by atoms with E-state index in [1.54, 1.807) is 0 Å². The third kappa shape index (κ3) is 2.36. The first kappa shape index (κ1) is 11.8. The number of rotatable bonds is 1. The van der Waals surface area contributed by atoms with E-state index in [0.29, 0.717) is 10.7 Å². The van der Waals surface area contributed by atoms with Gasteiger partial charge in [-0.05, 0) is 24.3 Å². The highest BCUT2D eigenvalue weighted by Gasteiger charge is 2.33. The minimum absolute atomic E-state index is 0.259. The fourth-order valence-corrected chi connectivity index (χ4v) is 1.52. The third-order valence-electron chi connectivity index (χ3n) is 2.12. The molecule has 1 heterocycles. The molecule has 0 amide bonds. The Labute approximate surface area is 99.6 Å². The van der Waals surface area contributed by atoms with Gasteiger partial charge in [0, 0.05) is 11.2 Å². The van der Waals surface area contributed by atoms with Crippen LogP contribution in [-0.2, 0) is 6.18 Å². The molecule has 90 valence electrons. The summed E-state index contributed by atoms with van der Waals surface area (Å²) in [7, 11) is 0. The summed E-state index contributed by atoms with van der Waals surface area (Å²) in [5, 5.41) is 3.82. The number of hydrogen-bond donors (Lipinski definition) is 1. The smallest absolute Gasteiger partial charge is 0.397 e. The second-order valence-corrected chi connectivity index (χ2v) is 3.78. The first-order chi connectivity index (χ1) is 7.88. The van der Waals surface area contributed by atoms with Crippen LogP contribution in [0.2, 0.25) is 5.02 Å². The zero-order valence-electron chi connectivity index (χ0n) is 8.37. The topological polar surface area (TPSA) is 43.8 Å². The molecule has 2 aromatic rings. The van der Waals surface area contributed by atoms with E-state index in [-0.39, 0.29) is 5.69 Å². The van der Waals surface area contributed by atoms with Gasteiger partial charge in [0.05, 0.1) is 11.4 Å². The zero-order chi connectivity index (χ0) is 12.6. The summed E-state index contributed by atoms with van der Waals surface area (Å²) in [6.07, 6.45) is -3.27. The van der Waals surface area contributed by atoms with Crippen molar-refractivity contribution in [3.05, 3.63) is 41.2 Å². The van der Waals surface area contributed by atoms with Crippen LogP contribution in [0.25, 0.3) is 5.69 Å². The Bertz CT molecular complexity index is 548. The van der Waals surface area contributed by atoms with Crippen molar-refractivity contribution in [3.8, 4) is 5.69 Å². The molecular formula is C10H7ClF3N3. The molecule has 0 bridgehead atoms. The molecule has 0 atom stereocenters. The molecule has 1 aromatic carbocycles. The van der Waals surface area contributed by atoms with Crippen LogP contribution in [-0.4, -0.2) is 9.78 Å².